The smallest absolute Gasteiger partial charge is 0.335 e. The summed E-state index contributed by atoms with van der Waals surface area (Å²) in [5, 5.41) is 8.52. The Morgan fingerprint density at radius 3 is 2.00 bits per heavy atom. The fourth-order valence-electron chi connectivity index (χ4n) is 0.783. The molecule has 0 radical (unpaired) electrons. The van der Waals surface area contributed by atoms with Crippen LogP contribution in [-0.2, 0) is 6.54 Å². The molecule has 0 heterocycles. The van der Waals surface area contributed by atoms with E-state index >= 15 is 0 Å². The van der Waals surface area contributed by atoms with Crippen molar-refractivity contribution in [2.45, 2.75) is 6.54 Å². The molecule has 3 N–H and O–H groups in total. The van der Waals surface area contributed by atoms with E-state index in [4.69, 9.17) is 10.8 Å². The molecule has 3 nitrogen and oxygen atoms in total. The van der Waals surface area contributed by atoms with Gasteiger partial charge >= 0.3 is 5.97 Å². The van der Waals surface area contributed by atoms with Crippen molar-refractivity contribution in [3.05, 3.63) is 35.4 Å². The van der Waals surface area contributed by atoms with E-state index in [2.05, 4.69) is 0 Å². The first-order valence-corrected chi connectivity index (χ1v) is 3.26. The van der Waals surface area contributed by atoms with Crippen LogP contribution < -0.4 is 5.73 Å². The van der Waals surface area contributed by atoms with Gasteiger partial charge in [-0.1, -0.05) is 12.1 Å². The van der Waals surface area contributed by atoms with E-state index in [0.29, 0.717) is 12.1 Å². The van der Waals surface area contributed by atoms with Gasteiger partial charge in [0.05, 0.1) is 5.56 Å². The van der Waals surface area contributed by atoms with Crippen LogP contribution in [0.1, 0.15) is 15.9 Å². The van der Waals surface area contributed by atoms with Gasteiger partial charge in [0.25, 0.3) is 0 Å². The van der Waals surface area contributed by atoms with Gasteiger partial charge < -0.3 is 10.8 Å². The van der Waals surface area contributed by atoms with Crippen LogP contribution in [-0.4, -0.2) is 11.1 Å². The molecule has 0 aromatic heterocycles. The second kappa shape index (κ2) is 6.71. The number of rotatable bonds is 2. The van der Waals surface area contributed by atoms with E-state index in [-0.39, 0.29) is 24.8 Å². The van der Waals surface area contributed by atoms with Gasteiger partial charge in [0.15, 0.2) is 0 Å². The average Bonchev–Trinajstić information content (AvgIpc) is 2.05. The average molecular weight is 224 g/mol. The van der Waals surface area contributed by atoms with Crippen molar-refractivity contribution in [3.63, 3.8) is 0 Å². The van der Waals surface area contributed by atoms with Crippen LogP contribution in [0.4, 0.5) is 0 Å². The molecule has 0 aliphatic heterocycles. The number of carboxylic acid groups (broad SMARTS) is 1. The van der Waals surface area contributed by atoms with Gasteiger partial charge in [0.2, 0.25) is 0 Å². The molecule has 1 aromatic rings. The van der Waals surface area contributed by atoms with E-state index in [1.807, 2.05) is 0 Å². The lowest BCUT2D eigenvalue weighted by Crippen LogP contribution is -1.99. The molecule has 0 amide bonds. The molecule has 0 spiro atoms. The summed E-state index contributed by atoms with van der Waals surface area (Å²) in [6.07, 6.45) is 0. The largest absolute Gasteiger partial charge is 0.478 e. The Kier molecular flexibility index (Phi) is 7.61. The topological polar surface area (TPSA) is 63.3 Å². The summed E-state index contributed by atoms with van der Waals surface area (Å²) < 4.78 is 0. The molecular formula is C8H11Cl2NO2. The Morgan fingerprint density at radius 1 is 1.23 bits per heavy atom. The Labute approximate surface area is 88.8 Å². The maximum Gasteiger partial charge on any atom is 0.335 e. The van der Waals surface area contributed by atoms with E-state index in [1.54, 1.807) is 24.3 Å². The molecule has 1 aromatic carbocycles. The minimum Gasteiger partial charge on any atom is -0.478 e. The first kappa shape index (κ1) is 14.7. The molecule has 0 fully saturated rings. The number of hydrogen-bond donors (Lipinski definition) is 2. The minimum atomic E-state index is -0.909. The normalized spacial score (nSPS) is 8.08. The summed E-state index contributed by atoms with van der Waals surface area (Å²) in [7, 11) is 0. The first-order valence-electron chi connectivity index (χ1n) is 3.26. The monoisotopic (exact) mass is 223 g/mol. The van der Waals surface area contributed by atoms with Crippen LogP contribution in [0, 0.1) is 0 Å². The molecule has 74 valence electrons. The quantitative estimate of drug-likeness (QED) is 0.803. The van der Waals surface area contributed by atoms with Crippen LogP contribution in [0.3, 0.4) is 0 Å². The van der Waals surface area contributed by atoms with Crippen LogP contribution in [0.2, 0.25) is 0 Å². The summed E-state index contributed by atoms with van der Waals surface area (Å²) in [5.74, 6) is -0.909. The number of carbonyl (C=O) groups is 1. The van der Waals surface area contributed by atoms with Crippen molar-refractivity contribution in [2.24, 2.45) is 5.73 Å². The second-order valence-corrected chi connectivity index (χ2v) is 2.21. The van der Waals surface area contributed by atoms with Gasteiger partial charge in [0, 0.05) is 6.54 Å². The van der Waals surface area contributed by atoms with Crippen molar-refractivity contribution >= 4 is 30.8 Å². The predicted octanol–water partition coefficient (Wildman–Crippen LogP) is 1.69. The summed E-state index contributed by atoms with van der Waals surface area (Å²) in [6, 6.07) is 6.52. The van der Waals surface area contributed by atoms with Crippen molar-refractivity contribution in [3.8, 4) is 0 Å². The highest BCUT2D eigenvalue weighted by Crippen LogP contribution is 2.02. The molecule has 1 rings (SSSR count). The molecule has 0 saturated carbocycles. The van der Waals surface area contributed by atoms with Crippen LogP contribution >= 0.6 is 24.8 Å². The van der Waals surface area contributed by atoms with Gasteiger partial charge in [-0.05, 0) is 17.7 Å². The van der Waals surface area contributed by atoms with Gasteiger partial charge in [-0.3, -0.25) is 0 Å². The number of benzene rings is 1. The van der Waals surface area contributed by atoms with Crippen LogP contribution in [0.15, 0.2) is 24.3 Å². The number of aromatic carboxylic acids is 1. The molecule has 0 aliphatic carbocycles. The highest BCUT2D eigenvalue weighted by atomic mass is 35.5. The summed E-state index contributed by atoms with van der Waals surface area (Å²) in [6.45, 7) is 0.444. The molecule has 0 unspecified atom stereocenters. The van der Waals surface area contributed by atoms with Crippen molar-refractivity contribution < 1.29 is 9.90 Å². The summed E-state index contributed by atoms with van der Waals surface area (Å²) in [5.41, 5.74) is 6.56. The molecular weight excluding hydrogens is 213 g/mol. The Bertz CT molecular complexity index is 261. The standard InChI is InChI=1S/C8H9NO2.2ClH/c9-5-6-1-3-7(4-2-6)8(10)11;;/h1-4H,5,9H2,(H,10,11);2*1H. The third-order valence-corrected chi connectivity index (χ3v) is 1.44. The van der Waals surface area contributed by atoms with E-state index < -0.39 is 5.97 Å². The minimum absolute atomic E-state index is 0. The van der Waals surface area contributed by atoms with E-state index in [0.717, 1.165) is 5.56 Å². The molecule has 0 aliphatic rings. The Morgan fingerprint density at radius 2 is 1.69 bits per heavy atom. The number of carboxylic acids is 1. The molecule has 0 saturated heterocycles. The van der Waals surface area contributed by atoms with Gasteiger partial charge in [0.1, 0.15) is 0 Å². The number of halogens is 2. The lowest BCUT2D eigenvalue weighted by Gasteiger charge is -1.96. The fraction of sp³-hybridized carbons (Fsp3) is 0.125. The number of hydrogen-bond acceptors (Lipinski definition) is 2. The highest BCUT2D eigenvalue weighted by molar-refractivity contribution is 5.87. The van der Waals surface area contributed by atoms with Crippen molar-refractivity contribution in [1.29, 1.82) is 0 Å². The molecule has 13 heavy (non-hydrogen) atoms. The SMILES string of the molecule is Cl.Cl.NCc1ccc(C(=O)O)cc1. The lowest BCUT2D eigenvalue weighted by atomic mass is 10.1. The van der Waals surface area contributed by atoms with Gasteiger partial charge in [-0.15, -0.1) is 24.8 Å². The van der Waals surface area contributed by atoms with Gasteiger partial charge in [-0.2, -0.15) is 0 Å². The molecule has 0 atom stereocenters. The zero-order chi connectivity index (χ0) is 8.27. The fourth-order valence-corrected chi connectivity index (χ4v) is 0.783. The Hall–Kier alpha value is -0.770. The lowest BCUT2D eigenvalue weighted by molar-refractivity contribution is 0.0697. The van der Waals surface area contributed by atoms with E-state index in [1.165, 1.54) is 0 Å². The number of nitrogens with two attached hydrogens (primary N) is 1. The van der Waals surface area contributed by atoms with Crippen molar-refractivity contribution in [1.82, 2.24) is 0 Å². The maximum absolute atomic E-state index is 10.4. The van der Waals surface area contributed by atoms with Crippen molar-refractivity contribution in [2.75, 3.05) is 0 Å². The summed E-state index contributed by atoms with van der Waals surface area (Å²) >= 11 is 0. The third kappa shape index (κ3) is 4.12. The molecule has 5 heteroatoms. The van der Waals surface area contributed by atoms with Crippen LogP contribution in [0.5, 0.6) is 0 Å². The second-order valence-electron chi connectivity index (χ2n) is 2.21. The third-order valence-electron chi connectivity index (χ3n) is 1.44. The van der Waals surface area contributed by atoms with Crippen LogP contribution in [0.25, 0.3) is 0 Å². The highest BCUT2D eigenvalue weighted by Gasteiger charge is 1.99. The molecule has 0 bridgehead atoms. The zero-order valence-corrected chi connectivity index (χ0v) is 8.40. The zero-order valence-electron chi connectivity index (χ0n) is 6.77. The van der Waals surface area contributed by atoms with E-state index in [9.17, 15) is 4.79 Å². The Balaban J connectivity index is 0. The predicted molar refractivity (Wildman–Crippen MR) is 55.8 cm³/mol. The maximum atomic E-state index is 10.4. The summed E-state index contributed by atoms with van der Waals surface area (Å²) in [4.78, 5) is 10.4. The van der Waals surface area contributed by atoms with Gasteiger partial charge in [-0.25, -0.2) is 4.79 Å². The first-order chi connectivity index (χ1) is 5.24.